The van der Waals surface area contributed by atoms with Gasteiger partial charge in [-0.05, 0) is 37.8 Å². The summed E-state index contributed by atoms with van der Waals surface area (Å²) in [6.45, 7) is 9.59. The molecule has 0 aliphatic heterocycles. The Hall–Kier alpha value is -0.340. The van der Waals surface area contributed by atoms with E-state index in [9.17, 15) is 0 Å². The van der Waals surface area contributed by atoms with Crippen LogP contribution in [-0.2, 0) is 0 Å². The van der Waals surface area contributed by atoms with E-state index in [0.717, 1.165) is 8.97 Å². The van der Waals surface area contributed by atoms with E-state index < -0.39 is 0 Å². The maximum atomic E-state index is 2.45. The molecule has 0 radical (unpaired) electrons. The summed E-state index contributed by atoms with van der Waals surface area (Å²) in [6.07, 6.45) is 33.5. The molecule has 34 heavy (non-hydrogen) atoms. The van der Waals surface area contributed by atoms with Crippen molar-refractivity contribution < 1.29 is 8.97 Å². The van der Waals surface area contributed by atoms with Crippen LogP contribution in [0.4, 0.5) is 0 Å². The molecule has 0 atom stereocenters. The first-order valence-electron chi connectivity index (χ1n) is 15.6. The zero-order valence-electron chi connectivity index (χ0n) is 25.0. The van der Waals surface area contributed by atoms with Crippen molar-refractivity contribution in [3.8, 4) is 0 Å². The molecule has 2 nitrogen and oxygen atoms in total. The molecule has 0 spiro atoms. The van der Waals surface area contributed by atoms with Gasteiger partial charge in [0.2, 0.25) is 0 Å². The molecule has 0 saturated carbocycles. The van der Waals surface area contributed by atoms with Crippen LogP contribution < -0.4 is 0 Å². The summed E-state index contributed by atoms with van der Waals surface area (Å²) < 4.78 is 2.28. The first-order valence-corrected chi connectivity index (χ1v) is 15.6. The van der Waals surface area contributed by atoms with E-state index in [0.29, 0.717) is 0 Å². The van der Waals surface area contributed by atoms with Gasteiger partial charge in [-0.3, -0.25) is 0 Å². The van der Waals surface area contributed by atoms with Gasteiger partial charge in [0.1, 0.15) is 0 Å². The van der Waals surface area contributed by atoms with Gasteiger partial charge in [0.25, 0.3) is 0 Å². The lowest BCUT2D eigenvalue weighted by Gasteiger charge is -2.30. The van der Waals surface area contributed by atoms with Crippen LogP contribution in [0.15, 0.2) is 12.2 Å². The molecule has 0 aromatic rings. The van der Waals surface area contributed by atoms with E-state index in [2.05, 4.69) is 54.2 Å². The molecule has 0 aliphatic rings. The molecule has 0 rings (SSSR count). The van der Waals surface area contributed by atoms with Crippen LogP contribution in [-0.4, -0.2) is 63.3 Å². The molecule has 0 aromatic heterocycles. The highest BCUT2D eigenvalue weighted by atomic mass is 15.3. The number of nitrogens with zero attached hydrogens (tertiary/aromatic N) is 2. The molecule has 2 heteroatoms. The first-order chi connectivity index (χ1) is 16.3. The van der Waals surface area contributed by atoms with Crippen molar-refractivity contribution >= 4 is 0 Å². The second-order valence-electron chi connectivity index (χ2n) is 12.5. The van der Waals surface area contributed by atoms with E-state index in [1.54, 1.807) is 0 Å². The van der Waals surface area contributed by atoms with Crippen molar-refractivity contribution in [2.24, 2.45) is 0 Å². The minimum Gasteiger partial charge on any atom is -0.325 e. The Morgan fingerprint density at radius 1 is 0.353 bits per heavy atom. The third kappa shape index (κ3) is 24.8. The second kappa shape index (κ2) is 23.1. The highest BCUT2D eigenvalue weighted by Crippen LogP contribution is 2.13. The Bertz CT molecular complexity index is 398. The van der Waals surface area contributed by atoms with Gasteiger partial charge >= 0.3 is 0 Å². The van der Waals surface area contributed by atoms with Crippen molar-refractivity contribution in [1.82, 2.24) is 0 Å². The Kier molecular flexibility index (Phi) is 22.9. The maximum Gasteiger partial charge on any atom is 0.0971 e. The molecule has 0 amide bonds. The van der Waals surface area contributed by atoms with E-state index in [4.69, 9.17) is 0 Å². The fourth-order valence-electron chi connectivity index (χ4n) is 4.96. The topological polar surface area (TPSA) is 0 Å². The predicted molar refractivity (Wildman–Crippen MR) is 157 cm³/mol. The Morgan fingerprint density at radius 3 is 0.853 bits per heavy atom. The summed E-state index contributed by atoms with van der Waals surface area (Å²) in [6, 6.07) is 0. The lowest BCUT2D eigenvalue weighted by molar-refractivity contribution is -0.887. The minimum atomic E-state index is 1.14. The van der Waals surface area contributed by atoms with E-state index in [1.165, 1.54) is 155 Å². The molecule has 0 aromatic carbocycles. The zero-order valence-corrected chi connectivity index (χ0v) is 25.0. The third-order valence-electron chi connectivity index (χ3n) is 7.60. The van der Waals surface area contributed by atoms with Gasteiger partial charge in [0, 0.05) is 0 Å². The molecule has 0 saturated heterocycles. The largest absolute Gasteiger partial charge is 0.325 e. The van der Waals surface area contributed by atoms with Crippen molar-refractivity contribution in [1.29, 1.82) is 0 Å². The van der Waals surface area contributed by atoms with Crippen molar-refractivity contribution in [3.63, 3.8) is 0 Å². The van der Waals surface area contributed by atoms with Crippen LogP contribution >= 0.6 is 0 Å². The minimum absolute atomic E-state index is 1.14. The molecule has 0 heterocycles. The summed E-state index contributed by atoms with van der Waals surface area (Å²) >= 11 is 0. The van der Waals surface area contributed by atoms with Gasteiger partial charge in [-0.1, -0.05) is 117 Å². The molecular weight excluding hydrogens is 412 g/mol. The summed E-state index contributed by atoms with van der Waals surface area (Å²) in [5.74, 6) is 0. The van der Waals surface area contributed by atoms with Gasteiger partial charge in [-0.15, -0.1) is 0 Å². The summed E-state index contributed by atoms with van der Waals surface area (Å²) in [5, 5.41) is 0. The highest BCUT2D eigenvalue weighted by Gasteiger charge is 2.14. The number of hydrogen-bond acceptors (Lipinski definition) is 0. The molecule has 0 unspecified atom stereocenters. The lowest BCUT2D eigenvalue weighted by atomic mass is 10.1. The fraction of sp³-hybridized carbons (Fsp3) is 0.938. The number of quaternary nitrogens is 2. The van der Waals surface area contributed by atoms with Crippen LogP contribution in [0.3, 0.4) is 0 Å². The fourth-order valence-corrected chi connectivity index (χ4v) is 4.96. The van der Waals surface area contributed by atoms with Gasteiger partial charge in [-0.2, -0.15) is 0 Å². The SMILES string of the molecule is CCCCCCCCCCCC[N+](C)(C)C/C=C/C[N+](C)(C)CCCCCCCCCCCC. The van der Waals surface area contributed by atoms with Crippen molar-refractivity contribution in [2.75, 3.05) is 54.4 Å². The van der Waals surface area contributed by atoms with Gasteiger partial charge in [0.05, 0.1) is 54.4 Å². The Labute approximate surface area is 217 Å². The summed E-state index contributed by atoms with van der Waals surface area (Å²) in [4.78, 5) is 0. The molecule has 204 valence electrons. The third-order valence-corrected chi connectivity index (χ3v) is 7.60. The normalized spacial score (nSPS) is 12.8. The number of likely N-dealkylation sites (N-methyl/N-ethyl adjacent to an activating group) is 2. The molecule has 0 N–H and O–H groups in total. The number of rotatable bonds is 26. The first kappa shape index (κ1) is 33.7. The van der Waals surface area contributed by atoms with Crippen LogP contribution in [0.5, 0.6) is 0 Å². The maximum absolute atomic E-state index is 2.45. The van der Waals surface area contributed by atoms with Crippen LogP contribution in [0, 0.1) is 0 Å². The van der Waals surface area contributed by atoms with Crippen LogP contribution in [0.1, 0.15) is 142 Å². The Balaban J connectivity index is 3.68. The standard InChI is InChI=1S/C32H68N2/c1-7-9-11-13-15-17-19-21-23-25-29-33(3,4)31-27-28-32-34(5,6)30-26-24-22-20-18-16-14-12-10-8-2/h27-28H,7-26,29-32H2,1-6H3/q+2/b28-27+. The quantitative estimate of drug-likeness (QED) is 0.0656. The zero-order chi connectivity index (χ0) is 25.4. The average molecular weight is 481 g/mol. The lowest BCUT2D eigenvalue weighted by Crippen LogP contribution is -2.42. The van der Waals surface area contributed by atoms with E-state index in [-0.39, 0.29) is 0 Å². The average Bonchev–Trinajstić information content (AvgIpc) is 2.79. The number of unbranched alkanes of at least 4 members (excludes halogenated alkanes) is 18. The van der Waals surface area contributed by atoms with Crippen LogP contribution in [0.2, 0.25) is 0 Å². The van der Waals surface area contributed by atoms with Gasteiger partial charge < -0.3 is 8.97 Å². The van der Waals surface area contributed by atoms with Gasteiger partial charge in [0.15, 0.2) is 0 Å². The second-order valence-corrected chi connectivity index (χ2v) is 12.5. The smallest absolute Gasteiger partial charge is 0.0971 e. The molecule has 0 aliphatic carbocycles. The monoisotopic (exact) mass is 481 g/mol. The van der Waals surface area contributed by atoms with E-state index >= 15 is 0 Å². The molecular formula is C32H68N2+2. The van der Waals surface area contributed by atoms with Crippen molar-refractivity contribution in [2.45, 2.75) is 142 Å². The van der Waals surface area contributed by atoms with Crippen LogP contribution in [0.25, 0.3) is 0 Å². The Morgan fingerprint density at radius 2 is 0.588 bits per heavy atom. The van der Waals surface area contributed by atoms with E-state index in [1.807, 2.05) is 0 Å². The van der Waals surface area contributed by atoms with Gasteiger partial charge in [-0.25, -0.2) is 0 Å². The predicted octanol–water partition coefficient (Wildman–Crippen LogP) is 9.54. The molecule has 0 bridgehead atoms. The highest BCUT2D eigenvalue weighted by molar-refractivity contribution is 4.81. The van der Waals surface area contributed by atoms with Crippen molar-refractivity contribution in [3.05, 3.63) is 12.2 Å². The summed E-state index contributed by atoms with van der Waals surface area (Å²) in [5.41, 5.74) is 0. The summed E-state index contributed by atoms with van der Waals surface area (Å²) in [7, 11) is 9.62. The molecule has 0 fully saturated rings. The number of hydrogen-bond donors (Lipinski definition) is 0.